The molecule has 0 aliphatic carbocycles. The van der Waals surface area contributed by atoms with Crippen LogP contribution >= 0.6 is 0 Å². The van der Waals surface area contributed by atoms with Gasteiger partial charge in [0.2, 0.25) is 0 Å². The van der Waals surface area contributed by atoms with Gasteiger partial charge in [-0.15, -0.1) is 0 Å². The lowest BCUT2D eigenvalue weighted by Crippen LogP contribution is -2.12. The van der Waals surface area contributed by atoms with Gasteiger partial charge in [0, 0.05) is 30.2 Å². The fourth-order valence-electron chi connectivity index (χ4n) is 2.85. The van der Waals surface area contributed by atoms with Crippen LogP contribution in [0, 0.1) is 6.92 Å². The third-order valence-electron chi connectivity index (χ3n) is 4.38. The summed E-state index contributed by atoms with van der Waals surface area (Å²) in [5.74, 6) is 2.13. The van der Waals surface area contributed by atoms with Gasteiger partial charge < -0.3 is 19.2 Å². The number of carbonyl (C=O) groups is 1. The van der Waals surface area contributed by atoms with E-state index in [-0.39, 0.29) is 11.6 Å². The van der Waals surface area contributed by atoms with Gasteiger partial charge in [-0.25, -0.2) is 0 Å². The number of pyridine rings is 1. The highest BCUT2D eigenvalue weighted by molar-refractivity contribution is 6.03. The molecule has 8 nitrogen and oxygen atoms in total. The lowest BCUT2D eigenvalue weighted by Gasteiger charge is -2.12. The van der Waals surface area contributed by atoms with E-state index in [0.717, 1.165) is 11.3 Å². The van der Waals surface area contributed by atoms with E-state index in [1.807, 2.05) is 31.2 Å². The number of aromatic nitrogens is 3. The van der Waals surface area contributed by atoms with Gasteiger partial charge in [0.05, 0.1) is 7.11 Å². The van der Waals surface area contributed by atoms with Crippen molar-refractivity contribution in [3.63, 3.8) is 0 Å². The van der Waals surface area contributed by atoms with Gasteiger partial charge in [-0.3, -0.25) is 14.9 Å². The van der Waals surface area contributed by atoms with Crippen molar-refractivity contribution in [2.24, 2.45) is 0 Å². The maximum absolute atomic E-state index is 12.6. The molecule has 0 aliphatic heterocycles. The molecule has 30 heavy (non-hydrogen) atoms. The minimum atomic E-state index is -0.356. The molecular formula is C22H20N4O4. The van der Waals surface area contributed by atoms with Crippen molar-refractivity contribution in [3.05, 3.63) is 77.9 Å². The molecule has 152 valence electrons. The van der Waals surface area contributed by atoms with E-state index in [2.05, 4.69) is 20.5 Å². The number of nitrogens with zero attached hydrogens (tertiary/aromatic N) is 2. The van der Waals surface area contributed by atoms with Crippen molar-refractivity contribution in [2.75, 3.05) is 12.4 Å². The highest BCUT2D eigenvalue weighted by Gasteiger charge is 2.15. The summed E-state index contributed by atoms with van der Waals surface area (Å²) in [6.07, 6.45) is 3.41. The van der Waals surface area contributed by atoms with Crippen LogP contribution in [0.15, 0.2) is 65.3 Å². The maximum atomic E-state index is 12.6. The zero-order chi connectivity index (χ0) is 20.9. The summed E-state index contributed by atoms with van der Waals surface area (Å²) in [4.78, 5) is 16.6. The molecule has 2 N–H and O–H groups in total. The van der Waals surface area contributed by atoms with Crippen LogP contribution in [0.2, 0.25) is 0 Å². The summed E-state index contributed by atoms with van der Waals surface area (Å²) in [5.41, 5.74) is 2.40. The Hall–Kier alpha value is -4.07. The van der Waals surface area contributed by atoms with Gasteiger partial charge in [0.1, 0.15) is 18.1 Å². The summed E-state index contributed by atoms with van der Waals surface area (Å²) < 4.78 is 16.8. The molecule has 0 spiro atoms. The molecule has 0 aliphatic rings. The van der Waals surface area contributed by atoms with Crippen molar-refractivity contribution in [3.8, 4) is 23.0 Å². The summed E-state index contributed by atoms with van der Waals surface area (Å²) in [5, 5.41) is 9.71. The van der Waals surface area contributed by atoms with Crippen LogP contribution in [0.3, 0.4) is 0 Å². The third kappa shape index (κ3) is 4.33. The SMILES string of the molecule is COc1ccc(NC(=O)c2cc(-c3ccc(C)o3)[nH]n2)cc1OCc1ccncc1. The Balaban J connectivity index is 1.47. The number of ether oxygens (including phenoxy) is 2. The van der Waals surface area contributed by atoms with E-state index >= 15 is 0 Å². The number of anilines is 1. The first-order valence-corrected chi connectivity index (χ1v) is 9.25. The minimum Gasteiger partial charge on any atom is -0.493 e. The van der Waals surface area contributed by atoms with Gasteiger partial charge in [0.25, 0.3) is 5.91 Å². The van der Waals surface area contributed by atoms with E-state index in [9.17, 15) is 4.79 Å². The van der Waals surface area contributed by atoms with Crippen molar-refractivity contribution < 1.29 is 18.7 Å². The fraction of sp³-hybridized carbons (Fsp3) is 0.136. The van der Waals surface area contributed by atoms with Crippen molar-refractivity contribution >= 4 is 11.6 Å². The third-order valence-corrected chi connectivity index (χ3v) is 4.38. The largest absolute Gasteiger partial charge is 0.493 e. The Morgan fingerprint density at radius 3 is 2.67 bits per heavy atom. The Morgan fingerprint density at radius 2 is 1.93 bits per heavy atom. The Morgan fingerprint density at radius 1 is 1.10 bits per heavy atom. The molecule has 0 radical (unpaired) electrons. The number of nitrogens with one attached hydrogen (secondary N) is 2. The van der Waals surface area contributed by atoms with Crippen LogP contribution in [0.4, 0.5) is 5.69 Å². The summed E-state index contributed by atoms with van der Waals surface area (Å²) in [6, 6.07) is 14.2. The van der Waals surface area contributed by atoms with Crippen molar-refractivity contribution in [1.29, 1.82) is 0 Å². The molecule has 8 heteroatoms. The number of hydrogen-bond donors (Lipinski definition) is 2. The first-order valence-electron chi connectivity index (χ1n) is 9.25. The van der Waals surface area contributed by atoms with E-state index in [1.54, 1.807) is 43.8 Å². The average molecular weight is 404 g/mol. The van der Waals surface area contributed by atoms with E-state index < -0.39 is 0 Å². The number of methoxy groups -OCH3 is 1. The number of furan rings is 1. The van der Waals surface area contributed by atoms with E-state index in [0.29, 0.717) is 35.2 Å². The van der Waals surface area contributed by atoms with Crippen molar-refractivity contribution in [1.82, 2.24) is 15.2 Å². The van der Waals surface area contributed by atoms with Gasteiger partial charge in [0.15, 0.2) is 23.0 Å². The number of benzene rings is 1. The van der Waals surface area contributed by atoms with Crippen LogP contribution in [0.25, 0.3) is 11.5 Å². The molecule has 0 unspecified atom stereocenters. The van der Waals surface area contributed by atoms with E-state index in [4.69, 9.17) is 13.9 Å². The smallest absolute Gasteiger partial charge is 0.276 e. The van der Waals surface area contributed by atoms with Gasteiger partial charge in [-0.2, -0.15) is 5.10 Å². The number of carbonyl (C=O) groups excluding carboxylic acids is 1. The zero-order valence-electron chi connectivity index (χ0n) is 16.5. The molecule has 3 aromatic heterocycles. The van der Waals surface area contributed by atoms with Crippen LogP contribution < -0.4 is 14.8 Å². The maximum Gasteiger partial charge on any atom is 0.276 e. The minimum absolute atomic E-state index is 0.245. The van der Waals surface area contributed by atoms with Gasteiger partial charge in [-0.05, 0) is 48.9 Å². The average Bonchev–Trinajstić information content (AvgIpc) is 3.42. The molecule has 0 saturated carbocycles. The molecule has 0 saturated heterocycles. The second-order valence-corrected chi connectivity index (χ2v) is 6.54. The molecule has 0 fully saturated rings. The first kappa shape index (κ1) is 19.3. The lowest BCUT2D eigenvalue weighted by molar-refractivity contribution is 0.102. The molecule has 1 amide bonds. The zero-order valence-corrected chi connectivity index (χ0v) is 16.5. The van der Waals surface area contributed by atoms with Crippen LogP contribution in [-0.2, 0) is 6.61 Å². The highest BCUT2D eigenvalue weighted by Crippen LogP contribution is 2.31. The molecule has 4 aromatic rings. The number of aryl methyl sites for hydroxylation is 1. The Kier molecular flexibility index (Phi) is 5.47. The Labute approximate surface area is 172 Å². The van der Waals surface area contributed by atoms with Gasteiger partial charge in [-0.1, -0.05) is 0 Å². The molecule has 1 aromatic carbocycles. The highest BCUT2D eigenvalue weighted by atomic mass is 16.5. The summed E-state index contributed by atoms with van der Waals surface area (Å²) in [6.45, 7) is 2.20. The molecular weight excluding hydrogens is 384 g/mol. The molecule has 4 rings (SSSR count). The molecule has 0 bridgehead atoms. The fourth-order valence-corrected chi connectivity index (χ4v) is 2.85. The number of amides is 1. The normalized spacial score (nSPS) is 10.6. The monoisotopic (exact) mass is 404 g/mol. The standard InChI is InChI=1S/C22H20N4O4/c1-14-3-5-19(30-14)17-12-18(26-25-17)22(27)24-16-4-6-20(28-2)21(11-16)29-13-15-7-9-23-10-8-15/h3-12H,13H2,1-2H3,(H,24,27)(H,25,26). The number of aromatic amines is 1. The quantitative estimate of drug-likeness (QED) is 0.478. The number of H-pyrrole nitrogens is 1. The number of rotatable bonds is 7. The van der Waals surface area contributed by atoms with Crippen LogP contribution in [-0.4, -0.2) is 28.2 Å². The predicted molar refractivity (Wildman–Crippen MR) is 111 cm³/mol. The Bertz CT molecular complexity index is 1150. The second-order valence-electron chi connectivity index (χ2n) is 6.54. The molecule has 3 heterocycles. The van der Waals surface area contributed by atoms with Crippen LogP contribution in [0.1, 0.15) is 21.8 Å². The summed E-state index contributed by atoms with van der Waals surface area (Å²) in [7, 11) is 1.56. The first-order chi connectivity index (χ1) is 14.6. The number of hydrogen-bond acceptors (Lipinski definition) is 6. The van der Waals surface area contributed by atoms with E-state index in [1.165, 1.54) is 0 Å². The van der Waals surface area contributed by atoms with Gasteiger partial charge >= 0.3 is 0 Å². The predicted octanol–water partition coefficient (Wildman–Crippen LogP) is 4.21. The summed E-state index contributed by atoms with van der Waals surface area (Å²) >= 11 is 0. The molecule has 0 atom stereocenters. The lowest BCUT2D eigenvalue weighted by atomic mass is 10.2. The second kappa shape index (κ2) is 8.52. The van der Waals surface area contributed by atoms with Crippen molar-refractivity contribution in [2.45, 2.75) is 13.5 Å². The van der Waals surface area contributed by atoms with Crippen LogP contribution in [0.5, 0.6) is 11.5 Å². The topological polar surface area (TPSA) is 102 Å².